The SMILES string of the molecule is Cc1csc(CCn2cc(C)nc2Nc2ccccc2)n1. The Labute approximate surface area is 128 Å². The molecule has 1 aromatic carbocycles. The lowest BCUT2D eigenvalue weighted by Gasteiger charge is -2.08. The van der Waals surface area contributed by atoms with Crippen LogP contribution >= 0.6 is 11.3 Å². The fourth-order valence-corrected chi connectivity index (χ4v) is 2.97. The zero-order valence-corrected chi connectivity index (χ0v) is 13.0. The maximum Gasteiger partial charge on any atom is 0.207 e. The van der Waals surface area contributed by atoms with Gasteiger partial charge >= 0.3 is 0 Å². The van der Waals surface area contributed by atoms with E-state index in [1.807, 2.05) is 44.2 Å². The number of anilines is 2. The van der Waals surface area contributed by atoms with E-state index in [9.17, 15) is 0 Å². The molecule has 0 atom stereocenters. The molecular formula is C16H18N4S. The summed E-state index contributed by atoms with van der Waals surface area (Å²) in [7, 11) is 0. The molecule has 0 saturated carbocycles. The van der Waals surface area contributed by atoms with Crippen molar-refractivity contribution in [3.05, 3.63) is 58.3 Å². The predicted molar refractivity (Wildman–Crippen MR) is 87.2 cm³/mol. The van der Waals surface area contributed by atoms with E-state index < -0.39 is 0 Å². The fraction of sp³-hybridized carbons (Fsp3) is 0.250. The third-order valence-corrected chi connectivity index (χ3v) is 4.19. The van der Waals surface area contributed by atoms with Crippen LogP contribution in [0.2, 0.25) is 0 Å². The number of nitrogens with zero attached hydrogens (tertiary/aromatic N) is 3. The van der Waals surface area contributed by atoms with Crippen LogP contribution in [0.4, 0.5) is 11.6 Å². The van der Waals surface area contributed by atoms with Gasteiger partial charge in [-0.15, -0.1) is 11.3 Å². The Hall–Kier alpha value is -2.14. The van der Waals surface area contributed by atoms with E-state index in [4.69, 9.17) is 0 Å². The zero-order chi connectivity index (χ0) is 14.7. The van der Waals surface area contributed by atoms with Crippen molar-refractivity contribution in [3.8, 4) is 0 Å². The molecule has 108 valence electrons. The van der Waals surface area contributed by atoms with Crippen molar-refractivity contribution >= 4 is 23.0 Å². The molecule has 0 radical (unpaired) electrons. The van der Waals surface area contributed by atoms with Crippen LogP contribution in [0.25, 0.3) is 0 Å². The van der Waals surface area contributed by atoms with Crippen LogP contribution in [0.5, 0.6) is 0 Å². The molecule has 0 bridgehead atoms. The van der Waals surface area contributed by atoms with Gasteiger partial charge in [0.15, 0.2) is 0 Å². The number of imidazole rings is 1. The van der Waals surface area contributed by atoms with Gasteiger partial charge in [0.1, 0.15) is 0 Å². The van der Waals surface area contributed by atoms with Crippen LogP contribution in [0, 0.1) is 13.8 Å². The Balaban J connectivity index is 1.73. The van der Waals surface area contributed by atoms with Crippen molar-refractivity contribution < 1.29 is 0 Å². The first-order chi connectivity index (χ1) is 10.2. The molecule has 0 amide bonds. The van der Waals surface area contributed by atoms with E-state index in [0.29, 0.717) is 0 Å². The topological polar surface area (TPSA) is 42.7 Å². The monoisotopic (exact) mass is 298 g/mol. The Kier molecular flexibility index (Phi) is 4.01. The van der Waals surface area contributed by atoms with E-state index in [1.54, 1.807) is 11.3 Å². The highest BCUT2D eigenvalue weighted by Gasteiger charge is 2.07. The second kappa shape index (κ2) is 6.10. The van der Waals surface area contributed by atoms with E-state index in [2.05, 4.69) is 31.4 Å². The lowest BCUT2D eigenvalue weighted by molar-refractivity contribution is 0.700. The van der Waals surface area contributed by atoms with E-state index in [-0.39, 0.29) is 0 Å². The van der Waals surface area contributed by atoms with Crippen molar-refractivity contribution in [2.75, 3.05) is 5.32 Å². The molecule has 5 heteroatoms. The summed E-state index contributed by atoms with van der Waals surface area (Å²) in [6.07, 6.45) is 3.00. The molecule has 3 rings (SSSR count). The normalized spacial score (nSPS) is 10.8. The maximum atomic E-state index is 4.56. The molecule has 0 spiro atoms. The lowest BCUT2D eigenvalue weighted by atomic mass is 10.3. The zero-order valence-electron chi connectivity index (χ0n) is 12.2. The first-order valence-corrected chi connectivity index (χ1v) is 7.85. The number of aryl methyl sites for hydroxylation is 4. The second-order valence-electron chi connectivity index (χ2n) is 5.02. The van der Waals surface area contributed by atoms with Gasteiger partial charge in [-0.2, -0.15) is 0 Å². The molecule has 0 aliphatic heterocycles. The highest BCUT2D eigenvalue weighted by atomic mass is 32.1. The van der Waals surface area contributed by atoms with Gasteiger partial charge in [-0.1, -0.05) is 18.2 Å². The summed E-state index contributed by atoms with van der Waals surface area (Å²) in [6.45, 7) is 4.92. The van der Waals surface area contributed by atoms with Crippen LogP contribution < -0.4 is 5.32 Å². The van der Waals surface area contributed by atoms with Gasteiger partial charge in [0.25, 0.3) is 0 Å². The van der Waals surface area contributed by atoms with Gasteiger partial charge in [-0.05, 0) is 26.0 Å². The van der Waals surface area contributed by atoms with E-state index >= 15 is 0 Å². The van der Waals surface area contributed by atoms with Crippen molar-refractivity contribution in [1.29, 1.82) is 0 Å². The van der Waals surface area contributed by atoms with Crippen LogP contribution in [0.3, 0.4) is 0 Å². The van der Waals surface area contributed by atoms with Gasteiger partial charge in [-0.25, -0.2) is 9.97 Å². The molecule has 4 nitrogen and oxygen atoms in total. The number of thiazole rings is 1. The molecule has 3 aromatic rings. The standard InChI is InChI=1S/C16H18N4S/c1-12-10-20(9-8-15-17-13(2)11-21-15)16(18-12)19-14-6-4-3-5-7-14/h3-7,10-11H,8-9H2,1-2H3,(H,18,19). The minimum Gasteiger partial charge on any atom is -0.326 e. The van der Waals surface area contributed by atoms with Gasteiger partial charge in [0.05, 0.1) is 10.7 Å². The average Bonchev–Trinajstić information content (AvgIpc) is 3.04. The van der Waals surface area contributed by atoms with Crippen LogP contribution in [0.1, 0.15) is 16.4 Å². The number of nitrogens with one attached hydrogen (secondary N) is 1. The highest BCUT2D eigenvalue weighted by molar-refractivity contribution is 7.09. The molecule has 0 unspecified atom stereocenters. The first-order valence-electron chi connectivity index (χ1n) is 6.97. The molecule has 0 fully saturated rings. The van der Waals surface area contributed by atoms with Crippen molar-refractivity contribution in [1.82, 2.24) is 14.5 Å². The number of para-hydroxylation sites is 1. The van der Waals surface area contributed by atoms with E-state index in [0.717, 1.165) is 36.0 Å². The molecule has 2 heterocycles. The largest absolute Gasteiger partial charge is 0.326 e. The van der Waals surface area contributed by atoms with Crippen molar-refractivity contribution in [2.45, 2.75) is 26.8 Å². The minimum atomic E-state index is 0.878. The quantitative estimate of drug-likeness (QED) is 0.775. The number of aromatic nitrogens is 3. The summed E-state index contributed by atoms with van der Waals surface area (Å²) < 4.78 is 2.15. The van der Waals surface area contributed by atoms with Gasteiger partial charge in [0, 0.05) is 35.9 Å². The average molecular weight is 298 g/mol. The molecule has 0 aliphatic rings. The van der Waals surface area contributed by atoms with Crippen LogP contribution in [-0.4, -0.2) is 14.5 Å². The third kappa shape index (κ3) is 3.49. The first kappa shape index (κ1) is 13.8. The molecule has 0 aliphatic carbocycles. The van der Waals surface area contributed by atoms with Crippen LogP contribution in [0.15, 0.2) is 41.9 Å². The Morgan fingerprint density at radius 2 is 1.90 bits per heavy atom. The molecule has 2 aromatic heterocycles. The number of hydrogen-bond acceptors (Lipinski definition) is 4. The van der Waals surface area contributed by atoms with E-state index in [1.165, 1.54) is 5.01 Å². The van der Waals surface area contributed by atoms with Gasteiger partial charge in [-0.3, -0.25) is 0 Å². The Morgan fingerprint density at radius 3 is 2.62 bits per heavy atom. The third-order valence-electron chi connectivity index (χ3n) is 3.16. The smallest absolute Gasteiger partial charge is 0.207 e. The van der Waals surface area contributed by atoms with Crippen molar-refractivity contribution in [3.63, 3.8) is 0 Å². The summed E-state index contributed by atoms with van der Waals surface area (Å²) in [5.74, 6) is 0.881. The Morgan fingerprint density at radius 1 is 1.10 bits per heavy atom. The lowest BCUT2D eigenvalue weighted by Crippen LogP contribution is -2.05. The summed E-state index contributed by atoms with van der Waals surface area (Å²) in [4.78, 5) is 9.07. The molecular weight excluding hydrogens is 280 g/mol. The molecule has 1 N–H and O–H groups in total. The highest BCUT2D eigenvalue weighted by Crippen LogP contribution is 2.17. The number of hydrogen-bond donors (Lipinski definition) is 1. The summed E-state index contributed by atoms with van der Waals surface area (Å²) in [5.41, 5.74) is 3.16. The maximum absolute atomic E-state index is 4.56. The predicted octanol–water partition coefficient (Wildman–Crippen LogP) is 3.94. The Bertz CT molecular complexity index is 715. The molecule has 21 heavy (non-hydrogen) atoms. The summed E-state index contributed by atoms with van der Waals surface area (Å²) in [6, 6.07) is 10.1. The fourth-order valence-electron chi connectivity index (χ4n) is 2.20. The second-order valence-corrected chi connectivity index (χ2v) is 5.97. The van der Waals surface area contributed by atoms with Gasteiger partial charge in [0.2, 0.25) is 5.95 Å². The minimum absolute atomic E-state index is 0.878. The molecule has 0 saturated heterocycles. The number of benzene rings is 1. The van der Waals surface area contributed by atoms with Crippen molar-refractivity contribution in [2.24, 2.45) is 0 Å². The summed E-state index contributed by atoms with van der Waals surface area (Å²) >= 11 is 1.72. The number of rotatable bonds is 5. The van der Waals surface area contributed by atoms with Crippen LogP contribution in [-0.2, 0) is 13.0 Å². The van der Waals surface area contributed by atoms with Gasteiger partial charge < -0.3 is 9.88 Å². The summed E-state index contributed by atoms with van der Waals surface area (Å²) in [5, 5.41) is 6.64.